The molecule has 0 saturated carbocycles. The first kappa shape index (κ1) is 25.5. The number of carbonyl (C=O) groups is 1. The summed E-state index contributed by atoms with van der Waals surface area (Å²) in [6, 6.07) is 15.4. The van der Waals surface area contributed by atoms with E-state index >= 15 is 0 Å². The Morgan fingerprint density at radius 1 is 1.21 bits per heavy atom. The van der Waals surface area contributed by atoms with E-state index < -0.39 is 5.91 Å². The van der Waals surface area contributed by atoms with Crippen molar-refractivity contribution in [2.75, 3.05) is 19.0 Å². The first-order chi connectivity index (χ1) is 16.5. The fourth-order valence-electron chi connectivity index (χ4n) is 3.16. The number of methoxy groups -OCH3 is 1. The third-order valence-electron chi connectivity index (χ3n) is 4.93. The van der Waals surface area contributed by atoms with E-state index in [0.29, 0.717) is 35.2 Å². The van der Waals surface area contributed by atoms with Crippen LogP contribution in [0.25, 0.3) is 6.08 Å². The third kappa shape index (κ3) is 7.44. The number of halogens is 1. The number of nitrogens with zero attached hydrogens (tertiary/aromatic N) is 2. The minimum Gasteiger partial charge on any atom is -0.493 e. The smallest absolute Gasteiger partial charge is 0.268 e. The van der Waals surface area contributed by atoms with Gasteiger partial charge >= 0.3 is 0 Å². The fraction of sp³-hybridized carbons (Fsp3) is 0.269. The van der Waals surface area contributed by atoms with Gasteiger partial charge in [0.1, 0.15) is 11.6 Å². The number of rotatable bonds is 11. The minimum absolute atomic E-state index is 0.0247. The molecule has 34 heavy (non-hydrogen) atoms. The number of amides is 1. The molecule has 0 radical (unpaired) electrons. The topological polar surface area (TPSA) is 84.2 Å². The second-order valence-corrected chi connectivity index (χ2v) is 9.56. The summed E-state index contributed by atoms with van der Waals surface area (Å²) in [5.74, 6) is 0.686. The largest absolute Gasteiger partial charge is 0.493 e. The number of benzene rings is 2. The Morgan fingerprint density at radius 3 is 2.71 bits per heavy atom. The Morgan fingerprint density at radius 2 is 2.00 bits per heavy atom. The van der Waals surface area contributed by atoms with Crippen LogP contribution in [0.1, 0.15) is 42.2 Å². The van der Waals surface area contributed by atoms with E-state index in [-0.39, 0.29) is 5.57 Å². The van der Waals surface area contributed by atoms with Gasteiger partial charge in [0, 0.05) is 22.0 Å². The zero-order valence-electron chi connectivity index (χ0n) is 19.1. The number of unbranched alkanes of at least 4 members (excludes halogenated alkanes) is 2. The van der Waals surface area contributed by atoms with E-state index in [2.05, 4.69) is 33.2 Å². The summed E-state index contributed by atoms with van der Waals surface area (Å²) in [7, 11) is 1.56. The lowest BCUT2D eigenvalue weighted by Crippen LogP contribution is -2.13. The molecule has 176 valence electrons. The van der Waals surface area contributed by atoms with Crippen molar-refractivity contribution in [1.29, 1.82) is 5.26 Å². The van der Waals surface area contributed by atoms with Crippen molar-refractivity contribution in [2.45, 2.75) is 32.6 Å². The van der Waals surface area contributed by atoms with Crippen LogP contribution in [0.3, 0.4) is 0 Å². The van der Waals surface area contributed by atoms with Gasteiger partial charge in [0.2, 0.25) is 0 Å². The van der Waals surface area contributed by atoms with Crippen molar-refractivity contribution >= 4 is 44.4 Å². The molecule has 1 heterocycles. The van der Waals surface area contributed by atoms with Gasteiger partial charge < -0.3 is 9.47 Å². The maximum Gasteiger partial charge on any atom is 0.268 e. The predicted molar refractivity (Wildman–Crippen MR) is 139 cm³/mol. The highest BCUT2D eigenvalue weighted by molar-refractivity contribution is 9.10. The highest BCUT2D eigenvalue weighted by Gasteiger charge is 2.13. The Balaban J connectivity index is 1.66. The van der Waals surface area contributed by atoms with Crippen LogP contribution >= 0.6 is 27.3 Å². The van der Waals surface area contributed by atoms with Gasteiger partial charge in [-0.25, -0.2) is 4.98 Å². The number of thiazole rings is 1. The summed E-state index contributed by atoms with van der Waals surface area (Å²) in [5, 5.41) is 12.7. The summed E-state index contributed by atoms with van der Waals surface area (Å²) in [6.07, 6.45) is 7.18. The Labute approximate surface area is 212 Å². The molecule has 0 aliphatic carbocycles. The van der Waals surface area contributed by atoms with Crippen molar-refractivity contribution in [1.82, 2.24) is 4.98 Å². The van der Waals surface area contributed by atoms with Gasteiger partial charge in [-0.1, -0.05) is 53.9 Å². The maximum atomic E-state index is 12.7. The monoisotopic (exact) mass is 539 g/mol. The standard InChI is InChI=1S/C26H26BrN3O3S/c1-3-4-5-12-33-23-11-8-19(15-24(23)32-2)13-20(16-28)25(31)30-26-29-17-22(34-26)14-18-6-9-21(27)10-7-18/h6-11,13,15,17H,3-5,12,14H2,1-2H3,(H,29,30,31)/b20-13+. The van der Waals surface area contributed by atoms with E-state index in [9.17, 15) is 10.1 Å². The molecular weight excluding hydrogens is 514 g/mol. The molecular formula is C26H26BrN3O3S. The molecule has 0 unspecified atom stereocenters. The number of anilines is 1. The van der Waals surface area contributed by atoms with Gasteiger partial charge in [-0.05, 0) is 47.9 Å². The van der Waals surface area contributed by atoms with Gasteiger partial charge in [0.25, 0.3) is 5.91 Å². The first-order valence-corrected chi connectivity index (χ1v) is 12.6. The number of ether oxygens (including phenoxy) is 2. The average Bonchev–Trinajstić information content (AvgIpc) is 3.28. The van der Waals surface area contributed by atoms with Crippen LogP contribution in [-0.2, 0) is 11.2 Å². The molecule has 2 aromatic carbocycles. The molecule has 1 N–H and O–H groups in total. The summed E-state index contributed by atoms with van der Waals surface area (Å²) in [4.78, 5) is 18.0. The Kier molecular flexibility index (Phi) is 9.68. The second kappa shape index (κ2) is 12.9. The summed E-state index contributed by atoms with van der Waals surface area (Å²) >= 11 is 4.82. The van der Waals surface area contributed by atoms with E-state index in [1.165, 1.54) is 17.4 Å². The first-order valence-electron chi connectivity index (χ1n) is 11.0. The Bertz CT molecular complexity index is 1180. The Hall–Kier alpha value is -3.15. The number of hydrogen-bond acceptors (Lipinski definition) is 6. The van der Waals surface area contributed by atoms with Gasteiger partial charge in [0.05, 0.1) is 13.7 Å². The van der Waals surface area contributed by atoms with E-state index in [4.69, 9.17) is 9.47 Å². The van der Waals surface area contributed by atoms with Crippen molar-refractivity contribution < 1.29 is 14.3 Å². The summed E-state index contributed by atoms with van der Waals surface area (Å²) in [6.45, 7) is 2.75. The molecule has 1 aromatic heterocycles. The molecule has 1 amide bonds. The lowest BCUT2D eigenvalue weighted by molar-refractivity contribution is -0.112. The zero-order valence-corrected chi connectivity index (χ0v) is 21.5. The van der Waals surface area contributed by atoms with Crippen molar-refractivity contribution in [3.63, 3.8) is 0 Å². The van der Waals surface area contributed by atoms with Gasteiger partial charge in [-0.15, -0.1) is 11.3 Å². The zero-order chi connectivity index (χ0) is 24.3. The molecule has 0 spiro atoms. The van der Waals surface area contributed by atoms with Crippen molar-refractivity contribution in [3.05, 3.63) is 74.7 Å². The van der Waals surface area contributed by atoms with Crippen LogP contribution in [0.4, 0.5) is 5.13 Å². The van der Waals surface area contributed by atoms with E-state index in [0.717, 1.165) is 34.2 Å². The molecule has 0 aliphatic heterocycles. The molecule has 0 fully saturated rings. The molecule has 6 nitrogen and oxygen atoms in total. The highest BCUT2D eigenvalue weighted by atomic mass is 79.9. The van der Waals surface area contributed by atoms with Crippen molar-refractivity contribution in [2.24, 2.45) is 0 Å². The highest BCUT2D eigenvalue weighted by Crippen LogP contribution is 2.29. The number of aromatic nitrogens is 1. The van der Waals surface area contributed by atoms with Crippen LogP contribution in [0, 0.1) is 11.3 Å². The molecule has 0 atom stereocenters. The number of carbonyl (C=O) groups excluding carboxylic acids is 1. The third-order valence-corrected chi connectivity index (χ3v) is 6.38. The lowest BCUT2D eigenvalue weighted by atomic mass is 10.1. The summed E-state index contributed by atoms with van der Waals surface area (Å²) < 4.78 is 12.2. The van der Waals surface area contributed by atoms with Gasteiger partial charge in [-0.3, -0.25) is 10.1 Å². The molecule has 8 heteroatoms. The van der Waals surface area contributed by atoms with E-state index in [1.54, 1.807) is 31.5 Å². The molecule has 3 rings (SSSR count). The van der Waals surface area contributed by atoms with Crippen LogP contribution in [0.2, 0.25) is 0 Å². The molecule has 0 aliphatic rings. The maximum absolute atomic E-state index is 12.7. The number of nitriles is 1. The number of nitrogens with one attached hydrogen (secondary N) is 1. The predicted octanol–water partition coefficient (Wildman–Crippen LogP) is 6.62. The average molecular weight is 540 g/mol. The normalized spacial score (nSPS) is 11.1. The SMILES string of the molecule is CCCCCOc1ccc(/C=C(\C#N)C(=O)Nc2ncc(Cc3ccc(Br)cc3)s2)cc1OC. The van der Waals surface area contributed by atoms with Gasteiger partial charge in [0.15, 0.2) is 16.6 Å². The fourth-order valence-corrected chi connectivity index (χ4v) is 4.26. The molecule has 0 saturated heterocycles. The lowest BCUT2D eigenvalue weighted by Gasteiger charge is -2.11. The minimum atomic E-state index is -0.508. The van der Waals surface area contributed by atoms with Crippen LogP contribution in [-0.4, -0.2) is 24.6 Å². The summed E-state index contributed by atoms with van der Waals surface area (Å²) in [5.41, 5.74) is 1.79. The molecule has 0 bridgehead atoms. The number of hydrogen-bond donors (Lipinski definition) is 1. The van der Waals surface area contributed by atoms with E-state index in [1.807, 2.05) is 30.3 Å². The van der Waals surface area contributed by atoms with Gasteiger partial charge in [-0.2, -0.15) is 5.26 Å². The second-order valence-electron chi connectivity index (χ2n) is 7.52. The van der Waals surface area contributed by atoms with Crippen LogP contribution < -0.4 is 14.8 Å². The quantitative estimate of drug-likeness (QED) is 0.168. The molecule has 3 aromatic rings. The van der Waals surface area contributed by atoms with Crippen LogP contribution in [0.15, 0.2) is 58.7 Å². The van der Waals surface area contributed by atoms with Crippen LogP contribution in [0.5, 0.6) is 11.5 Å². The van der Waals surface area contributed by atoms with Crippen molar-refractivity contribution in [3.8, 4) is 17.6 Å².